The summed E-state index contributed by atoms with van der Waals surface area (Å²) < 4.78 is 10.9. The molecule has 0 N–H and O–H groups in total. The van der Waals surface area contributed by atoms with Gasteiger partial charge >= 0.3 is 11.9 Å². The normalized spacial score (nSPS) is 16.1. The van der Waals surface area contributed by atoms with Crippen LogP contribution < -0.4 is 0 Å². The zero-order chi connectivity index (χ0) is 19.2. The third-order valence-electron chi connectivity index (χ3n) is 4.96. The Labute approximate surface area is 159 Å². The van der Waals surface area contributed by atoms with Crippen LogP contribution in [0.15, 0.2) is 11.1 Å². The van der Waals surface area contributed by atoms with Gasteiger partial charge in [0.2, 0.25) is 0 Å². The molecule has 1 aliphatic carbocycles. The minimum atomic E-state index is -0.308. The van der Waals surface area contributed by atoms with E-state index in [-0.39, 0.29) is 17.9 Å². The highest BCUT2D eigenvalue weighted by Crippen LogP contribution is 2.34. The molecule has 1 fully saturated rings. The van der Waals surface area contributed by atoms with Crippen LogP contribution in [0.4, 0.5) is 0 Å². The quantitative estimate of drug-likeness (QED) is 0.251. The van der Waals surface area contributed by atoms with Gasteiger partial charge in [0.15, 0.2) is 0 Å². The van der Waals surface area contributed by atoms with E-state index in [0.29, 0.717) is 30.8 Å². The van der Waals surface area contributed by atoms with Gasteiger partial charge in [-0.25, -0.2) is 9.59 Å². The average molecular weight is 367 g/mol. The first-order valence-corrected chi connectivity index (χ1v) is 10.7. The Bertz CT molecular complexity index is 447. The van der Waals surface area contributed by atoms with Gasteiger partial charge in [-0.3, -0.25) is 0 Å². The number of hydrogen-bond acceptors (Lipinski definition) is 4. The first-order chi connectivity index (χ1) is 12.7. The zero-order valence-electron chi connectivity index (χ0n) is 17.1. The van der Waals surface area contributed by atoms with Gasteiger partial charge < -0.3 is 9.47 Å². The highest BCUT2D eigenvalue weighted by Gasteiger charge is 2.30. The molecule has 0 heterocycles. The van der Waals surface area contributed by atoms with Crippen LogP contribution in [0.25, 0.3) is 0 Å². The van der Waals surface area contributed by atoms with Crippen molar-refractivity contribution in [2.45, 2.75) is 97.8 Å². The lowest BCUT2D eigenvalue weighted by molar-refractivity contribution is -0.143. The summed E-state index contributed by atoms with van der Waals surface area (Å²) in [5.41, 5.74) is 1.21. The standard InChI is InChI=1S/C22H38O4/c1-4-7-8-12-15-19(21(23)25-16-5-2)20(22(24)26-17-6-3)18-13-10-9-11-14-18/h18H,4-17H2,1-3H3. The molecule has 0 aromatic rings. The predicted octanol–water partition coefficient (Wildman–Crippen LogP) is 5.74. The minimum absolute atomic E-state index is 0.142. The highest BCUT2D eigenvalue weighted by atomic mass is 16.5. The molecule has 1 rings (SSSR count). The van der Waals surface area contributed by atoms with E-state index in [4.69, 9.17) is 9.47 Å². The lowest BCUT2D eigenvalue weighted by atomic mass is 9.80. The third kappa shape index (κ3) is 7.92. The molecule has 4 heteroatoms. The number of hydrogen-bond donors (Lipinski definition) is 0. The Morgan fingerprint density at radius 2 is 1.38 bits per heavy atom. The number of carbonyl (C=O) groups excluding carboxylic acids is 2. The van der Waals surface area contributed by atoms with E-state index in [0.717, 1.165) is 64.2 Å². The molecular formula is C22H38O4. The maximum absolute atomic E-state index is 12.8. The molecule has 0 amide bonds. The van der Waals surface area contributed by atoms with Gasteiger partial charge in [0.1, 0.15) is 0 Å². The Morgan fingerprint density at radius 3 is 1.96 bits per heavy atom. The van der Waals surface area contributed by atoms with Crippen molar-refractivity contribution in [1.82, 2.24) is 0 Å². The smallest absolute Gasteiger partial charge is 0.334 e. The van der Waals surface area contributed by atoms with Crippen molar-refractivity contribution >= 4 is 11.9 Å². The summed E-state index contributed by atoms with van der Waals surface area (Å²) in [6.45, 7) is 6.94. The van der Waals surface area contributed by atoms with Crippen molar-refractivity contribution in [3.63, 3.8) is 0 Å². The summed E-state index contributed by atoms with van der Waals surface area (Å²) in [6.07, 6.45) is 11.9. The van der Waals surface area contributed by atoms with E-state index in [2.05, 4.69) is 6.92 Å². The Morgan fingerprint density at radius 1 is 0.769 bits per heavy atom. The van der Waals surface area contributed by atoms with Crippen molar-refractivity contribution in [3.8, 4) is 0 Å². The highest BCUT2D eigenvalue weighted by molar-refractivity contribution is 6.00. The molecule has 0 spiro atoms. The number of rotatable bonds is 12. The molecule has 0 unspecified atom stereocenters. The minimum Gasteiger partial charge on any atom is -0.462 e. The van der Waals surface area contributed by atoms with Crippen LogP contribution >= 0.6 is 0 Å². The zero-order valence-corrected chi connectivity index (χ0v) is 17.1. The van der Waals surface area contributed by atoms with Crippen molar-refractivity contribution in [2.24, 2.45) is 5.92 Å². The van der Waals surface area contributed by atoms with Gasteiger partial charge in [-0.2, -0.15) is 0 Å². The second-order valence-corrected chi connectivity index (χ2v) is 7.31. The van der Waals surface area contributed by atoms with Crippen LogP contribution in [-0.4, -0.2) is 25.2 Å². The number of carbonyl (C=O) groups is 2. The van der Waals surface area contributed by atoms with Crippen molar-refractivity contribution in [1.29, 1.82) is 0 Å². The van der Waals surface area contributed by atoms with Crippen LogP contribution in [-0.2, 0) is 19.1 Å². The molecular weight excluding hydrogens is 328 g/mol. The summed E-state index contributed by atoms with van der Waals surface area (Å²) in [6, 6.07) is 0. The first kappa shape index (κ1) is 22.7. The van der Waals surface area contributed by atoms with Crippen LogP contribution in [0.1, 0.15) is 97.8 Å². The van der Waals surface area contributed by atoms with Crippen LogP contribution in [0.3, 0.4) is 0 Å². The van der Waals surface area contributed by atoms with E-state index in [1.807, 2.05) is 13.8 Å². The molecule has 0 bridgehead atoms. The fourth-order valence-corrected chi connectivity index (χ4v) is 3.56. The topological polar surface area (TPSA) is 52.6 Å². The van der Waals surface area contributed by atoms with E-state index in [1.165, 1.54) is 6.42 Å². The van der Waals surface area contributed by atoms with Gasteiger partial charge in [0.05, 0.1) is 18.8 Å². The third-order valence-corrected chi connectivity index (χ3v) is 4.96. The van der Waals surface area contributed by atoms with E-state index in [1.54, 1.807) is 0 Å². The molecule has 1 aliphatic rings. The molecule has 0 aromatic carbocycles. The number of unbranched alkanes of at least 4 members (excludes halogenated alkanes) is 3. The van der Waals surface area contributed by atoms with Gasteiger partial charge in [-0.1, -0.05) is 59.3 Å². The molecule has 0 atom stereocenters. The maximum Gasteiger partial charge on any atom is 0.334 e. The van der Waals surface area contributed by atoms with Gasteiger partial charge in [-0.15, -0.1) is 0 Å². The van der Waals surface area contributed by atoms with E-state index < -0.39 is 0 Å². The Kier molecular flexibility index (Phi) is 12.1. The number of ether oxygens (including phenoxy) is 2. The fourth-order valence-electron chi connectivity index (χ4n) is 3.56. The summed E-state index contributed by atoms with van der Waals surface area (Å²) in [7, 11) is 0. The summed E-state index contributed by atoms with van der Waals surface area (Å²) in [5, 5.41) is 0. The average Bonchev–Trinajstić information content (AvgIpc) is 2.67. The summed E-state index contributed by atoms with van der Waals surface area (Å²) in [5.74, 6) is -0.460. The SMILES string of the molecule is CCCCCCC(C(=O)OCCC)=C(C(=O)OCCC)C1CCCCC1. The molecule has 0 aromatic heterocycles. The van der Waals surface area contributed by atoms with Crippen molar-refractivity contribution in [3.05, 3.63) is 11.1 Å². The lowest BCUT2D eigenvalue weighted by Crippen LogP contribution is -2.24. The van der Waals surface area contributed by atoms with Crippen molar-refractivity contribution in [2.75, 3.05) is 13.2 Å². The summed E-state index contributed by atoms with van der Waals surface area (Å²) >= 11 is 0. The lowest BCUT2D eigenvalue weighted by Gasteiger charge is -2.25. The van der Waals surface area contributed by atoms with Crippen molar-refractivity contribution < 1.29 is 19.1 Å². The van der Waals surface area contributed by atoms with Crippen LogP contribution in [0.5, 0.6) is 0 Å². The molecule has 0 aliphatic heterocycles. The summed E-state index contributed by atoms with van der Waals surface area (Å²) in [4.78, 5) is 25.6. The molecule has 0 radical (unpaired) electrons. The molecule has 26 heavy (non-hydrogen) atoms. The second-order valence-electron chi connectivity index (χ2n) is 7.31. The Hall–Kier alpha value is -1.32. The van der Waals surface area contributed by atoms with Crippen LogP contribution in [0, 0.1) is 5.92 Å². The monoisotopic (exact) mass is 366 g/mol. The van der Waals surface area contributed by atoms with Crippen LogP contribution in [0.2, 0.25) is 0 Å². The first-order valence-electron chi connectivity index (χ1n) is 10.7. The van der Waals surface area contributed by atoms with Gasteiger partial charge in [-0.05, 0) is 44.4 Å². The van der Waals surface area contributed by atoms with E-state index >= 15 is 0 Å². The molecule has 1 saturated carbocycles. The van der Waals surface area contributed by atoms with Gasteiger partial charge in [0.25, 0.3) is 0 Å². The van der Waals surface area contributed by atoms with E-state index in [9.17, 15) is 9.59 Å². The largest absolute Gasteiger partial charge is 0.462 e. The number of esters is 2. The Balaban J connectivity index is 3.09. The second kappa shape index (κ2) is 13.8. The fraction of sp³-hybridized carbons (Fsp3) is 0.818. The molecule has 0 saturated heterocycles. The maximum atomic E-state index is 12.8. The molecule has 150 valence electrons. The predicted molar refractivity (Wildman–Crippen MR) is 105 cm³/mol. The van der Waals surface area contributed by atoms with Gasteiger partial charge in [0, 0.05) is 5.57 Å². The molecule has 4 nitrogen and oxygen atoms in total.